The van der Waals surface area contributed by atoms with E-state index in [4.69, 9.17) is 0 Å². The standard InChI is InChI=1S/C12H17N5/c1-10(2)13-8-9-17-15-12(14-16-17)11-6-4-3-5-7-11/h3-7,10,13H,8-9H2,1-2H3. The van der Waals surface area contributed by atoms with Gasteiger partial charge in [0.05, 0.1) is 6.54 Å². The topological polar surface area (TPSA) is 55.6 Å². The number of nitrogens with one attached hydrogen (secondary N) is 1. The van der Waals surface area contributed by atoms with Gasteiger partial charge in [0, 0.05) is 18.2 Å². The molecule has 0 saturated carbocycles. The number of hydrogen-bond acceptors (Lipinski definition) is 4. The zero-order valence-electron chi connectivity index (χ0n) is 10.2. The first-order chi connectivity index (χ1) is 8.25. The van der Waals surface area contributed by atoms with Crippen LogP contribution < -0.4 is 5.32 Å². The van der Waals surface area contributed by atoms with Crippen molar-refractivity contribution in [1.82, 2.24) is 25.5 Å². The van der Waals surface area contributed by atoms with Gasteiger partial charge in [-0.1, -0.05) is 44.2 Å². The maximum Gasteiger partial charge on any atom is 0.204 e. The molecule has 17 heavy (non-hydrogen) atoms. The molecule has 0 unspecified atom stereocenters. The zero-order chi connectivity index (χ0) is 12.1. The van der Waals surface area contributed by atoms with Crippen molar-refractivity contribution in [2.24, 2.45) is 0 Å². The number of benzene rings is 1. The normalized spacial score (nSPS) is 11.0. The van der Waals surface area contributed by atoms with Crippen LogP contribution in [0.25, 0.3) is 11.4 Å². The second-order valence-corrected chi connectivity index (χ2v) is 4.18. The van der Waals surface area contributed by atoms with Crippen molar-refractivity contribution in [3.8, 4) is 11.4 Å². The first-order valence-corrected chi connectivity index (χ1v) is 5.82. The Morgan fingerprint density at radius 3 is 2.71 bits per heavy atom. The van der Waals surface area contributed by atoms with E-state index in [1.807, 2.05) is 30.3 Å². The second-order valence-electron chi connectivity index (χ2n) is 4.18. The van der Waals surface area contributed by atoms with Crippen LogP contribution in [-0.2, 0) is 6.54 Å². The third-order valence-corrected chi connectivity index (χ3v) is 2.35. The molecule has 0 aliphatic heterocycles. The molecule has 0 radical (unpaired) electrons. The third-order valence-electron chi connectivity index (χ3n) is 2.35. The summed E-state index contributed by atoms with van der Waals surface area (Å²) in [6, 6.07) is 10.3. The van der Waals surface area contributed by atoms with Crippen LogP contribution in [0, 0.1) is 0 Å². The summed E-state index contributed by atoms with van der Waals surface area (Å²) in [7, 11) is 0. The van der Waals surface area contributed by atoms with E-state index < -0.39 is 0 Å². The molecule has 0 atom stereocenters. The fourth-order valence-electron chi connectivity index (χ4n) is 1.49. The van der Waals surface area contributed by atoms with Gasteiger partial charge in [-0.05, 0) is 5.21 Å². The summed E-state index contributed by atoms with van der Waals surface area (Å²) in [6.45, 7) is 5.81. The van der Waals surface area contributed by atoms with E-state index in [1.54, 1.807) is 4.80 Å². The minimum atomic E-state index is 0.479. The van der Waals surface area contributed by atoms with Gasteiger partial charge in [-0.25, -0.2) is 0 Å². The molecule has 0 aliphatic carbocycles. The lowest BCUT2D eigenvalue weighted by molar-refractivity contribution is 0.470. The average Bonchev–Trinajstić information content (AvgIpc) is 2.78. The Bertz CT molecular complexity index is 449. The van der Waals surface area contributed by atoms with Crippen molar-refractivity contribution in [2.75, 3.05) is 6.54 Å². The fourth-order valence-corrected chi connectivity index (χ4v) is 1.49. The van der Waals surface area contributed by atoms with E-state index in [9.17, 15) is 0 Å². The summed E-state index contributed by atoms with van der Waals surface area (Å²) in [5.74, 6) is 0.676. The molecule has 2 aromatic rings. The summed E-state index contributed by atoms with van der Waals surface area (Å²) in [5.41, 5.74) is 0.996. The van der Waals surface area contributed by atoms with Gasteiger partial charge in [-0.3, -0.25) is 0 Å². The Balaban J connectivity index is 1.97. The second kappa shape index (κ2) is 5.54. The molecular weight excluding hydrogens is 214 g/mol. The number of aromatic nitrogens is 4. The molecule has 5 heteroatoms. The van der Waals surface area contributed by atoms with E-state index in [1.165, 1.54) is 0 Å². The molecule has 0 amide bonds. The molecule has 0 aliphatic rings. The maximum absolute atomic E-state index is 4.33. The SMILES string of the molecule is CC(C)NCCn1nnc(-c2ccccc2)n1. The molecule has 0 spiro atoms. The molecule has 1 aromatic heterocycles. The highest BCUT2D eigenvalue weighted by Crippen LogP contribution is 2.11. The highest BCUT2D eigenvalue weighted by atomic mass is 15.6. The van der Waals surface area contributed by atoms with E-state index in [0.29, 0.717) is 11.9 Å². The third kappa shape index (κ3) is 3.35. The molecule has 2 rings (SSSR count). The zero-order valence-corrected chi connectivity index (χ0v) is 10.2. The van der Waals surface area contributed by atoms with Crippen molar-refractivity contribution in [3.63, 3.8) is 0 Å². The van der Waals surface area contributed by atoms with Crippen LogP contribution in [0.15, 0.2) is 30.3 Å². The Morgan fingerprint density at radius 2 is 2.00 bits per heavy atom. The van der Waals surface area contributed by atoms with Gasteiger partial charge in [0.1, 0.15) is 0 Å². The van der Waals surface area contributed by atoms with Crippen LogP contribution >= 0.6 is 0 Å². The summed E-state index contributed by atoms with van der Waals surface area (Å²) in [6.07, 6.45) is 0. The fraction of sp³-hybridized carbons (Fsp3) is 0.417. The lowest BCUT2D eigenvalue weighted by Crippen LogP contribution is -2.27. The number of tetrazole rings is 1. The van der Waals surface area contributed by atoms with Crippen LogP contribution in [0.3, 0.4) is 0 Å². The van der Waals surface area contributed by atoms with Crippen LogP contribution in [0.4, 0.5) is 0 Å². The lowest BCUT2D eigenvalue weighted by atomic mass is 10.2. The largest absolute Gasteiger partial charge is 0.313 e. The minimum absolute atomic E-state index is 0.479. The molecular formula is C12H17N5. The van der Waals surface area contributed by atoms with Crippen LogP contribution in [0.2, 0.25) is 0 Å². The van der Waals surface area contributed by atoms with Gasteiger partial charge in [0.25, 0.3) is 0 Å². The summed E-state index contributed by atoms with van der Waals surface area (Å²) in [4.78, 5) is 1.62. The van der Waals surface area contributed by atoms with E-state index in [0.717, 1.165) is 18.7 Å². The summed E-state index contributed by atoms with van der Waals surface area (Å²) < 4.78 is 0. The van der Waals surface area contributed by atoms with E-state index in [2.05, 4.69) is 34.6 Å². The Labute approximate surface area is 101 Å². The number of rotatable bonds is 5. The first-order valence-electron chi connectivity index (χ1n) is 5.82. The smallest absolute Gasteiger partial charge is 0.204 e. The highest BCUT2D eigenvalue weighted by Gasteiger charge is 2.04. The highest BCUT2D eigenvalue weighted by molar-refractivity contribution is 5.52. The van der Waals surface area contributed by atoms with Gasteiger partial charge >= 0.3 is 0 Å². The predicted octanol–water partition coefficient (Wildman–Crippen LogP) is 1.34. The maximum atomic E-state index is 4.33. The minimum Gasteiger partial charge on any atom is -0.313 e. The molecule has 5 nitrogen and oxygen atoms in total. The van der Waals surface area contributed by atoms with E-state index >= 15 is 0 Å². The van der Waals surface area contributed by atoms with Crippen molar-refractivity contribution < 1.29 is 0 Å². The number of hydrogen-bond donors (Lipinski definition) is 1. The average molecular weight is 231 g/mol. The number of nitrogens with zero attached hydrogens (tertiary/aromatic N) is 4. The van der Waals surface area contributed by atoms with Gasteiger partial charge in [0.15, 0.2) is 0 Å². The Kier molecular flexibility index (Phi) is 3.82. The Hall–Kier alpha value is -1.75. The van der Waals surface area contributed by atoms with E-state index in [-0.39, 0.29) is 0 Å². The monoisotopic (exact) mass is 231 g/mol. The molecule has 90 valence electrons. The molecule has 1 aromatic carbocycles. The van der Waals surface area contributed by atoms with Crippen molar-refractivity contribution in [2.45, 2.75) is 26.4 Å². The van der Waals surface area contributed by atoms with Crippen LogP contribution in [-0.4, -0.2) is 32.8 Å². The van der Waals surface area contributed by atoms with Gasteiger partial charge < -0.3 is 5.32 Å². The van der Waals surface area contributed by atoms with Crippen molar-refractivity contribution in [3.05, 3.63) is 30.3 Å². The molecule has 0 saturated heterocycles. The van der Waals surface area contributed by atoms with Crippen LogP contribution in [0.1, 0.15) is 13.8 Å². The van der Waals surface area contributed by atoms with Gasteiger partial charge in [0.2, 0.25) is 5.82 Å². The van der Waals surface area contributed by atoms with Gasteiger partial charge in [-0.15, -0.1) is 10.2 Å². The van der Waals surface area contributed by atoms with Crippen molar-refractivity contribution >= 4 is 0 Å². The molecule has 1 N–H and O–H groups in total. The molecule has 0 fully saturated rings. The predicted molar refractivity (Wildman–Crippen MR) is 66.4 cm³/mol. The van der Waals surface area contributed by atoms with Crippen LogP contribution in [0.5, 0.6) is 0 Å². The Morgan fingerprint density at radius 1 is 1.24 bits per heavy atom. The van der Waals surface area contributed by atoms with Crippen molar-refractivity contribution in [1.29, 1.82) is 0 Å². The summed E-state index contributed by atoms with van der Waals surface area (Å²) >= 11 is 0. The summed E-state index contributed by atoms with van der Waals surface area (Å²) in [5, 5.41) is 15.7. The van der Waals surface area contributed by atoms with Gasteiger partial charge in [-0.2, -0.15) is 4.80 Å². The lowest BCUT2D eigenvalue weighted by Gasteiger charge is -2.05. The molecule has 0 bridgehead atoms. The molecule has 1 heterocycles. The first kappa shape index (κ1) is 11.7. The quantitative estimate of drug-likeness (QED) is 0.843.